The van der Waals surface area contributed by atoms with E-state index in [1.165, 1.54) is 0 Å². The van der Waals surface area contributed by atoms with Crippen LogP contribution in [0.5, 0.6) is 11.5 Å². The van der Waals surface area contributed by atoms with E-state index in [4.69, 9.17) is 10.5 Å². The number of alkyl halides is 3. The molecule has 0 fully saturated rings. The minimum Gasteiger partial charge on any atom is -0.454 e. The zero-order valence-electron chi connectivity index (χ0n) is 11.1. The molecule has 0 atom stereocenters. The maximum atomic E-state index is 13.6. The van der Waals surface area contributed by atoms with Gasteiger partial charge in [-0.3, -0.25) is 0 Å². The highest BCUT2D eigenvalue weighted by Crippen LogP contribution is 2.40. The van der Waals surface area contributed by atoms with Crippen molar-refractivity contribution in [2.24, 2.45) is 0 Å². The first kappa shape index (κ1) is 16.0. The van der Waals surface area contributed by atoms with Crippen LogP contribution in [0.3, 0.4) is 0 Å². The molecular weight excluding hydrogens is 312 g/mol. The first-order valence-electron chi connectivity index (χ1n) is 5.90. The van der Waals surface area contributed by atoms with Crippen LogP contribution in [0, 0.1) is 24.4 Å². The fourth-order valence-electron chi connectivity index (χ4n) is 1.75. The SMILES string of the molecule is Cc1cc(Oc2ccc(N)cc2C(F)(F)F)c(F)c(F)c1F. The van der Waals surface area contributed by atoms with Gasteiger partial charge < -0.3 is 10.5 Å². The van der Waals surface area contributed by atoms with Gasteiger partial charge in [0.25, 0.3) is 0 Å². The molecule has 118 valence electrons. The predicted molar refractivity (Wildman–Crippen MR) is 67.0 cm³/mol. The van der Waals surface area contributed by atoms with E-state index in [1.807, 2.05) is 0 Å². The maximum Gasteiger partial charge on any atom is 0.420 e. The lowest BCUT2D eigenvalue weighted by Gasteiger charge is -2.15. The highest BCUT2D eigenvalue weighted by Gasteiger charge is 2.35. The minimum absolute atomic E-state index is 0.179. The van der Waals surface area contributed by atoms with Gasteiger partial charge in [-0.25, -0.2) is 8.78 Å². The van der Waals surface area contributed by atoms with Crippen LogP contribution in [0.15, 0.2) is 24.3 Å². The molecule has 0 saturated carbocycles. The van der Waals surface area contributed by atoms with Crippen LogP contribution >= 0.6 is 0 Å². The fraction of sp³-hybridized carbons (Fsp3) is 0.143. The number of aryl methyl sites for hydroxylation is 1. The van der Waals surface area contributed by atoms with Crippen molar-refractivity contribution in [1.82, 2.24) is 0 Å². The Bertz CT molecular complexity index is 726. The topological polar surface area (TPSA) is 35.2 Å². The molecular formula is C14H9F6NO. The smallest absolute Gasteiger partial charge is 0.420 e. The summed E-state index contributed by atoms with van der Waals surface area (Å²) in [5, 5.41) is 0. The first-order chi connectivity index (χ1) is 10.1. The van der Waals surface area contributed by atoms with Crippen LogP contribution in [0.25, 0.3) is 0 Å². The number of benzene rings is 2. The van der Waals surface area contributed by atoms with E-state index in [0.717, 1.165) is 25.1 Å². The van der Waals surface area contributed by atoms with Crippen LogP contribution in [-0.4, -0.2) is 0 Å². The van der Waals surface area contributed by atoms with Crippen LogP contribution in [0.4, 0.5) is 32.0 Å². The summed E-state index contributed by atoms with van der Waals surface area (Å²) in [5.41, 5.74) is 3.53. The molecule has 2 nitrogen and oxygen atoms in total. The monoisotopic (exact) mass is 321 g/mol. The summed E-state index contributed by atoms with van der Waals surface area (Å²) in [6.45, 7) is 1.12. The Morgan fingerprint density at radius 1 is 0.909 bits per heavy atom. The van der Waals surface area contributed by atoms with Gasteiger partial charge in [0.1, 0.15) is 11.3 Å². The van der Waals surface area contributed by atoms with E-state index in [0.29, 0.717) is 6.07 Å². The van der Waals surface area contributed by atoms with E-state index >= 15 is 0 Å². The van der Waals surface area contributed by atoms with Gasteiger partial charge in [0.05, 0.1) is 0 Å². The second kappa shape index (κ2) is 5.43. The zero-order chi connectivity index (χ0) is 16.7. The normalized spacial score (nSPS) is 11.6. The molecule has 0 aliphatic rings. The number of halogens is 6. The Hall–Kier alpha value is -2.38. The number of hydrogen-bond acceptors (Lipinski definition) is 2. The Morgan fingerprint density at radius 2 is 1.55 bits per heavy atom. The quantitative estimate of drug-likeness (QED) is 0.490. The molecule has 2 aromatic rings. The molecule has 0 aromatic heterocycles. The molecule has 2 N–H and O–H groups in total. The number of anilines is 1. The molecule has 0 aliphatic heterocycles. The molecule has 22 heavy (non-hydrogen) atoms. The van der Waals surface area contributed by atoms with Crippen LogP contribution in [0.1, 0.15) is 11.1 Å². The molecule has 8 heteroatoms. The number of rotatable bonds is 2. The highest BCUT2D eigenvalue weighted by atomic mass is 19.4. The minimum atomic E-state index is -4.81. The van der Waals surface area contributed by atoms with Crippen molar-refractivity contribution < 1.29 is 31.1 Å². The van der Waals surface area contributed by atoms with Gasteiger partial charge in [-0.2, -0.15) is 17.6 Å². The molecule has 0 aliphatic carbocycles. The van der Waals surface area contributed by atoms with Crippen LogP contribution in [0.2, 0.25) is 0 Å². The van der Waals surface area contributed by atoms with Crippen molar-refractivity contribution >= 4 is 5.69 Å². The van der Waals surface area contributed by atoms with Gasteiger partial charge in [0.15, 0.2) is 17.4 Å². The Labute approximate surface area is 121 Å². The molecule has 0 amide bonds. The standard InChI is InChI=1S/C14H9F6NO/c1-6-4-10(12(16)13(17)11(6)15)22-9-3-2-7(21)5-8(9)14(18,19)20/h2-5H,21H2,1H3. The second-order valence-corrected chi connectivity index (χ2v) is 4.49. The Morgan fingerprint density at radius 3 is 2.14 bits per heavy atom. The van der Waals surface area contributed by atoms with Gasteiger partial charge >= 0.3 is 6.18 Å². The van der Waals surface area contributed by atoms with E-state index in [9.17, 15) is 26.3 Å². The van der Waals surface area contributed by atoms with Crippen molar-refractivity contribution in [2.45, 2.75) is 13.1 Å². The number of ether oxygens (including phenoxy) is 1. The summed E-state index contributed by atoms with van der Waals surface area (Å²) < 4.78 is 83.5. The van der Waals surface area contributed by atoms with Gasteiger partial charge in [-0.1, -0.05) is 0 Å². The fourth-order valence-corrected chi connectivity index (χ4v) is 1.75. The van der Waals surface area contributed by atoms with Crippen molar-refractivity contribution in [1.29, 1.82) is 0 Å². The Kier molecular flexibility index (Phi) is 3.95. The third-order valence-electron chi connectivity index (χ3n) is 2.82. The average Bonchev–Trinajstić information content (AvgIpc) is 2.43. The van der Waals surface area contributed by atoms with Gasteiger partial charge in [-0.05, 0) is 36.8 Å². The zero-order valence-corrected chi connectivity index (χ0v) is 11.1. The third-order valence-corrected chi connectivity index (χ3v) is 2.82. The first-order valence-corrected chi connectivity index (χ1v) is 5.90. The highest BCUT2D eigenvalue weighted by molar-refractivity contribution is 5.50. The maximum absolute atomic E-state index is 13.6. The lowest BCUT2D eigenvalue weighted by Crippen LogP contribution is -2.08. The van der Waals surface area contributed by atoms with Gasteiger partial charge in [0, 0.05) is 5.69 Å². The van der Waals surface area contributed by atoms with Gasteiger partial charge in [0.2, 0.25) is 5.82 Å². The third kappa shape index (κ3) is 2.95. The van der Waals surface area contributed by atoms with E-state index in [2.05, 4.69) is 0 Å². The van der Waals surface area contributed by atoms with Crippen molar-refractivity contribution in [2.75, 3.05) is 5.73 Å². The summed E-state index contributed by atoms with van der Waals surface area (Å²) in [7, 11) is 0. The molecule has 0 unspecified atom stereocenters. The molecule has 0 spiro atoms. The van der Waals surface area contributed by atoms with E-state index in [-0.39, 0.29) is 11.3 Å². The Balaban J connectivity index is 2.53. The molecule has 0 heterocycles. The number of nitrogen functional groups attached to an aromatic ring is 1. The summed E-state index contributed by atoms with van der Waals surface area (Å²) in [6.07, 6.45) is -4.81. The van der Waals surface area contributed by atoms with Crippen LogP contribution < -0.4 is 10.5 Å². The summed E-state index contributed by atoms with van der Waals surface area (Å²) in [5.74, 6) is -6.59. The van der Waals surface area contributed by atoms with Crippen LogP contribution in [-0.2, 0) is 6.18 Å². The second-order valence-electron chi connectivity index (χ2n) is 4.49. The molecule has 2 rings (SSSR count). The van der Waals surface area contributed by atoms with E-state index < -0.39 is 40.7 Å². The molecule has 0 saturated heterocycles. The molecule has 0 bridgehead atoms. The molecule has 0 radical (unpaired) electrons. The van der Waals surface area contributed by atoms with Crippen molar-refractivity contribution in [3.63, 3.8) is 0 Å². The lowest BCUT2D eigenvalue weighted by atomic mass is 10.1. The van der Waals surface area contributed by atoms with E-state index in [1.54, 1.807) is 0 Å². The summed E-state index contributed by atoms with van der Waals surface area (Å²) in [4.78, 5) is 0. The van der Waals surface area contributed by atoms with Gasteiger partial charge in [-0.15, -0.1) is 0 Å². The summed E-state index contributed by atoms with van der Waals surface area (Å²) >= 11 is 0. The van der Waals surface area contributed by atoms with Crippen molar-refractivity contribution in [3.05, 3.63) is 52.8 Å². The summed E-state index contributed by atoms with van der Waals surface area (Å²) in [6, 6.07) is 3.34. The largest absolute Gasteiger partial charge is 0.454 e. The lowest BCUT2D eigenvalue weighted by molar-refractivity contribution is -0.138. The average molecular weight is 321 g/mol. The number of hydrogen-bond donors (Lipinski definition) is 1. The van der Waals surface area contributed by atoms with Crippen molar-refractivity contribution in [3.8, 4) is 11.5 Å². The predicted octanol–water partition coefficient (Wildman–Crippen LogP) is 4.81. The number of nitrogens with two attached hydrogens (primary N) is 1. The molecule has 2 aromatic carbocycles.